The second-order valence-electron chi connectivity index (χ2n) is 8.13. The number of benzene rings is 3. The Morgan fingerprint density at radius 3 is 2.58 bits per heavy atom. The molecule has 3 aromatic carbocycles. The summed E-state index contributed by atoms with van der Waals surface area (Å²) in [7, 11) is 0. The summed E-state index contributed by atoms with van der Waals surface area (Å²) in [4.78, 5) is 27.3. The largest absolute Gasteiger partial charge is 0.486 e. The van der Waals surface area contributed by atoms with Gasteiger partial charge in [0, 0.05) is 24.7 Å². The molecule has 1 fully saturated rings. The van der Waals surface area contributed by atoms with E-state index in [-0.39, 0.29) is 18.2 Å². The standard InChI is InChI=1S/C26H24N2O5/c1-17-6-9-20(10-7-17)33-22-5-3-2-4-21(22)27-26(30)18-14-25(29)28(16-18)19-8-11-23-24(15-19)32-13-12-31-23/h2-11,15,18H,12-14,16H2,1H3,(H,27,30). The first-order chi connectivity index (χ1) is 16.1. The van der Waals surface area contributed by atoms with Crippen molar-refractivity contribution in [2.75, 3.05) is 30.0 Å². The number of fused-ring (bicyclic) bond motifs is 1. The van der Waals surface area contributed by atoms with Crippen LogP contribution in [-0.4, -0.2) is 31.6 Å². The summed E-state index contributed by atoms with van der Waals surface area (Å²) >= 11 is 0. The van der Waals surface area contributed by atoms with Crippen LogP contribution in [0.2, 0.25) is 0 Å². The quantitative estimate of drug-likeness (QED) is 0.625. The highest BCUT2D eigenvalue weighted by molar-refractivity contribution is 6.04. The Balaban J connectivity index is 1.28. The number of nitrogens with zero attached hydrogens (tertiary/aromatic N) is 1. The van der Waals surface area contributed by atoms with E-state index in [1.165, 1.54) is 0 Å². The van der Waals surface area contributed by atoms with Crippen LogP contribution < -0.4 is 24.4 Å². The lowest BCUT2D eigenvalue weighted by molar-refractivity contribution is -0.122. The highest BCUT2D eigenvalue weighted by Crippen LogP contribution is 2.36. The summed E-state index contributed by atoms with van der Waals surface area (Å²) in [5.41, 5.74) is 2.40. The summed E-state index contributed by atoms with van der Waals surface area (Å²) < 4.78 is 17.1. The predicted molar refractivity (Wildman–Crippen MR) is 124 cm³/mol. The Bertz CT molecular complexity index is 1190. The van der Waals surface area contributed by atoms with Crippen LogP contribution in [0.3, 0.4) is 0 Å². The minimum Gasteiger partial charge on any atom is -0.486 e. The van der Waals surface area contributed by atoms with Crippen molar-refractivity contribution in [3.05, 3.63) is 72.3 Å². The summed E-state index contributed by atoms with van der Waals surface area (Å²) in [5, 5.41) is 2.94. The molecule has 2 aliphatic rings. The van der Waals surface area contributed by atoms with Gasteiger partial charge in [-0.25, -0.2) is 0 Å². The summed E-state index contributed by atoms with van der Waals surface area (Å²) in [5.74, 6) is 1.71. The van der Waals surface area contributed by atoms with E-state index in [0.29, 0.717) is 54.1 Å². The molecule has 0 aliphatic carbocycles. The van der Waals surface area contributed by atoms with Gasteiger partial charge in [0.25, 0.3) is 0 Å². The average Bonchev–Trinajstić information content (AvgIpc) is 3.23. The molecule has 7 nitrogen and oxygen atoms in total. The lowest BCUT2D eigenvalue weighted by Gasteiger charge is -2.22. The third-order valence-corrected chi connectivity index (χ3v) is 5.73. The number of aryl methyl sites for hydroxylation is 1. The molecule has 0 spiro atoms. The first-order valence-electron chi connectivity index (χ1n) is 10.9. The molecule has 1 unspecified atom stereocenters. The molecule has 5 rings (SSSR count). The Morgan fingerprint density at radius 2 is 1.76 bits per heavy atom. The second kappa shape index (κ2) is 8.86. The second-order valence-corrected chi connectivity index (χ2v) is 8.13. The normalized spacial score (nSPS) is 17.1. The van der Waals surface area contributed by atoms with E-state index in [2.05, 4.69) is 5.32 Å². The van der Waals surface area contributed by atoms with Gasteiger partial charge in [-0.2, -0.15) is 0 Å². The topological polar surface area (TPSA) is 77.1 Å². The number of amides is 2. The fraction of sp³-hybridized carbons (Fsp3) is 0.231. The van der Waals surface area contributed by atoms with E-state index >= 15 is 0 Å². The highest BCUT2D eigenvalue weighted by atomic mass is 16.6. The van der Waals surface area contributed by atoms with Gasteiger partial charge >= 0.3 is 0 Å². The van der Waals surface area contributed by atoms with Gasteiger partial charge in [-0.05, 0) is 43.3 Å². The number of nitrogens with one attached hydrogen (secondary N) is 1. The Labute approximate surface area is 191 Å². The Kier molecular flexibility index (Phi) is 5.60. The van der Waals surface area contributed by atoms with Gasteiger partial charge in [0.15, 0.2) is 17.2 Å². The summed E-state index contributed by atoms with van der Waals surface area (Å²) in [6, 6.07) is 20.4. The first-order valence-corrected chi connectivity index (χ1v) is 10.9. The maximum atomic E-state index is 13.0. The van der Waals surface area contributed by atoms with Gasteiger partial charge in [-0.15, -0.1) is 0 Å². The molecular weight excluding hydrogens is 420 g/mol. The summed E-state index contributed by atoms with van der Waals surface area (Å²) in [6.45, 7) is 3.28. The van der Waals surface area contributed by atoms with Crippen LogP contribution in [-0.2, 0) is 9.59 Å². The first kappa shape index (κ1) is 20.9. The zero-order chi connectivity index (χ0) is 22.8. The molecule has 2 heterocycles. The van der Waals surface area contributed by atoms with Crippen LogP contribution in [0.1, 0.15) is 12.0 Å². The van der Waals surface area contributed by atoms with E-state index in [1.54, 1.807) is 29.2 Å². The minimum absolute atomic E-state index is 0.101. The van der Waals surface area contributed by atoms with Gasteiger partial charge in [0.1, 0.15) is 19.0 Å². The smallest absolute Gasteiger partial charge is 0.229 e. The number of carbonyl (C=O) groups is 2. The van der Waals surface area contributed by atoms with Crippen molar-refractivity contribution >= 4 is 23.2 Å². The molecule has 33 heavy (non-hydrogen) atoms. The molecule has 0 aromatic heterocycles. The number of para-hydroxylation sites is 2. The third-order valence-electron chi connectivity index (χ3n) is 5.73. The molecule has 0 bridgehead atoms. The van der Waals surface area contributed by atoms with Crippen LogP contribution in [0.25, 0.3) is 0 Å². The van der Waals surface area contributed by atoms with Crippen LogP contribution in [0, 0.1) is 12.8 Å². The van der Waals surface area contributed by atoms with Gasteiger partial charge in [-0.3, -0.25) is 9.59 Å². The lowest BCUT2D eigenvalue weighted by atomic mass is 10.1. The number of carbonyl (C=O) groups excluding carboxylic acids is 2. The van der Waals surface area contributed by atoms with Gasteiger partial charge in [0.05, 0.1) is 11.6 Å². The summed E-state index contributed by atoms with van der Waals surface area (Å²) in [6.07, 6.45) is 0.140. The predicted octanol–water partition coefficient (Wildman–Crippen LogP) is 4.55. The van der Waals surface area contributed by atoms with E-state index in [0.717, 1.165) is 5.56 Å². The number of hydrogen-bond donors (Lipinski definition) is 1. The molecule has 2 aliphatic heterocycles. The van der Waals surface area contributed by atoms with Crippen LogP contribution in [0.5, 0.6) is 23.0 Å². The van der Waals surface area contributed by atoms with E-state index < -0.39 is 5.92 Å². The molecule has 1 atom stereocenters. The van der Waals surface area contributed by atoms with E-state index in [4.69, 9.17) is 14.2 Å². The van der Waals surface area contributed by atoms with Crippen LogP contribution >= 0.6 is 0 Å². The van der Waals surface area contributed by atoms with Crippen LogP contribution in [0.4, 0.5) is 11.4 Å². The van der Waals surface area contributed by atoms with Crippen molar-refractivity contribution in [3.8, 4) is 23.0 Å². The van der Waals surface area contributed by atoms with E-state index in [1.807, 2.05) is 49.4 Å². The van der Waals surface area contributed by atoms with Crippen molar-refractivity contribution in [1.29, 1.82) is 0 Å². The molecule has 1 saturated heterocycles. The molecule has 3 aromatic rings. The molecule has 168 valence electrons. The Morgan fingerprint density at radius 1 is 1.00 bits per heavy atom. The van der Waals surface area contributed by atoms with Crippen molar-refractivity contribution in [2.45, 2.75) is 13.3 Å². The fourth-order valence-corrected chi connectivity index (χ4v) is 3.96. The zero-order valence-electron chi connectivity index (χ0n) is 18.2. The number of hydrogen-bond acceptors (Lipinski definition) is 5. The van der Waals surface area contributed by atoms with Crippen molar-refractivity contribution in [1.82, 2.24) is 0 Å². The molecule has 7 heteroatoms. The van der Waals surface area contributed by atoms with Gasteiger partial charge < -0.3 is 24.4 Å². The lowest BCUT2D eigenvalue weighted by Crippen LogP contribution is -2.28. The number of rotatable bonds is 5. The zero-order valence-corrected chi connectivity index (χ0v) is 18.2. The molecule has 0 radical (unpaired) electrons. The molecule has 0 saturated carbocycles. The SMILES string of the molecule is Cc1ccc(Oc2ccccc2NC(=O)C2CC(=O)N(c3ccc4c(c3)OCCO4)C2)cc1. The highest BCUT2D eigenvalue weighted by Gasteiger charge is 2.36. The fourth-order valence-electron chi connectivity index (χ4n) is 3.96. The Hall–Kier alpha value is -4.00. The van der Waals surface area contributed by atoms with Crippen molar-refractivity contribution in [3.63, 3.8) is 0 Å². The molecular formula is C26H24N2O5. The monoisotopic (exact) mass is 444 g/mol. The average molecular weight is 444 g/mol. The minimum atomic E-state index is -0.474. The van der Waals surface area contributed by atoms with Crippen LogP contribution in [0.15, 0.2) is 66.7 Å². The third kappa shape index (κ3) is 4.48. The number of anilines is 2. The molecule has 2 amide bonds. The van der Waals surface area contributed by atoms with Crippen molar-refractivity contribution < 1.29 is 23.8 Å². The molecule has 1 N–H and O–H groups in total. The van der Waals surface area contributed by atoms with Gasteiger partial charge in [0.2, 0.25) is 11.8 Å². The van der Waals surface area contributed by atoms with Crippen molar-refractivity contribution in [2.24, 2.45) is 5.92 Å². The van der Waals surface area contributed by atoms with Gasteiger partial charge in [-0.1, -0.05) is 29.8 Å². The number of ether oxygens (including phenoxy) is 3. The maximum Gasteiger partial charge on any atom is 0.229 e. The van der Waals surface area contributed by atoms with E-state index in [9.17, 15) is 9.59 Å². The maximum absolute atomic E-state index is 13.0.